The third-order valence-corrected chi connectivity index (χ3v) is 10.7. The van der Waals surface area contributed by atoms with Crippen molar-refractivity contribution in [1.29, 1.82) is 0 Å². The molecule has 2 aliphatic rings. The predicted octanol–water partition coefficient (Wildman–Crippen LogP) is 2.03. The lowest BCUT2D eigenvalue weighted by atomic mass is 10.1. The predicted molar refractivity (Wildman–Crippen MR) is 127 cm³/mol. The first kappa shape index (κ1) is 24.7. The number of sulfone groups is 1. The van der Waals surface area contributed by atoms with Crippen LogP contribution < -0.4 is 5.32 Å². The largest absolute Gasteiger partial charge is 0.392 e. The molecular formula is C23H29ClN4O5S. The van der Waals surface area contributed by atoms with E-state index in [2.05, 4.69) is 10.3 Å². The summed E-state index contributed by atoms with van der Waals surface area (Å²) in [6.45, 7) is 5.47. The molecule has 1 unspecified atom stereocenters. The van der Waals surface area contributed by atoms with E-state index in [1.807, 2.05) is 12.1 Å². The van der Waals surface area contributed by atoms with Crippen LogP contribution in [0.2, 0.25) is 5.02 Å². The minimum absolute atomic E-state index is 0.0631. The number of carbonyl (C=O) groups excluding carboxylic acids is 2. The summed E-state index contributed by atoms with van der Waals surface area (Å²) in [5.74, 6) is -0.616. The molecule has 0 bridgehead atoms. The number of imidazole rings is 1. The van der Waals surface area contributed by atoms with Gasteiger partial charge in [0, 0.05) is 31.2 Å². The fourth-order valence-corrected chi connectivity index (χ4v) is 6.89. The Kier molecular flexibility index (Phi) is 6.28. The highest BCUT2D eigenvalue weighted by Crippen LogP contribution is 2.49. The Morgan fingerprint density at radius 1 is 1.26 bits per heavy atom. The summed E-state index contributed by atoms with van der Waals surface area (Å²) in [5, 5.41) is 13.5. The number of nitrogens with zero attached hydrogens (tertiary/aromatic N) is 3. The van der Waals surface area contributed by atoms with E-state index >= 15 is 0 Å². The van der Waals surface area contributed by atoms with Gasteiger partial charge in [0.15, 0.2) is 15.7 Å². The molecule has 2 heterocycles. The Morgan fingerprint density at radius 2 is 1.91 bits per heavy atom. The standard InChI is InChI=1S/C23H29ClN4O5S/c1-15(29)22(2,3)34(32,33)23(8-9-23)14-27-10-11-28-18(21(27)31)13-25-19(28)20(30)26-12-16-4-6-17(24)7-5-16/h4-7,13,15,29H,8-12,14H2,1-3H3,(H,26,30). The van der Waals surface area contributed by atoms with Crippen LogP contribution in [0.3, 0.4) is 0 Å². The summed E-state index contributed by atoms with van der Waals surface area (Å²) < 4.78 is 25.9. The Hall–Kier alpha value is -2.43. The first-order valence-electron chi connectivity index (χ1n) is 11.2. The van der Waals surface area contributed by atoms with Crippen LogP contribution in [0.25, 0.3) is 0 Å². The number of rotatable bonds is 8. The van der Waals surface area contributed by atoms with Crippen LogP contribution in [0.15, 0.2) is 30.5 Å². The molecule has 9 nitrogen and oxygen atoms in total. The quantitative estimate of drug-likeness (QED) is 0.562. The van der Waals surface area contributed by atoms with E-state index in [-0.39, 0.29) is 37.1 Å². The highest BCUT2D eigenvalue weighted by molar-refractivity contribution is 7.94. The first-order valence-corrected chi connectivity index (χ1v) is 13.1. The molecule has 184 valence electrons. The van der Waals surface area contributed by atoms with Gasteiger partial charge in [-0.15, -0.1) is 0 Å². The van der Waals surface area contributed by atoms with Gasteiger partial charge in [-0.25, -0.2) is 13.4 Å². The fraction of sp³-hybridized carbons (Fsp3) is 0.522. The van der Waals surface area contributed by atoms with Gasteiger partial charge in [0.05, 0.1) is 21.8 Å². The van der Waals surface area contributed by atoms with Gasteiger partial charge in [0.2, 0.25) is 0 Å². The van der Waals surface area contributed by atoms with E-state index in [1.54, 1.807) is 16.7 Å². The van der Waals surface area contributed by atoms with Crippen LogP contribution in [0, 0.1) is 0 Å². The lowest BCUT2D eigenvalue weighted by Gasteiger charge is -2.36. The molecule has 4 rings (SSSR count). The van der Waals surface area contributed by atoms with Crippen molar-refractivity contribution >= 4 is 33.3 Å². The van der Waals surface area contributed by atoms with Crippen molar-refractivity contribution in [2.75, 3.05) is 13.1 Å². The number of aromatic nitrogens is 2. The zero-order valence-electron chi connectivity index (χ0n) is 19.4. The van der Waals surface area contributed by atoms with Crippen molar-refractivity contribution in [2.24, 2.45) is 0 Å². The molecule has 0 spiro atoms. The normalized spacial score (nSPS) is 18.4. The van der Waals surface area contributed by atoms with Crippen molar-refractivity contribution in [2.45, 2.75) is 62.3 Å². The molecule has 1 fully saturated rings. The summed E-state index contributed by atoms with van der Waals surface area (Å²) in [7, 11) is -3.71. The number of hydrogen-bond acceptors (Lipinski definition) is 6. The first-order chi connectivity index (χ1) is 15.9. The number of amides is 2. The van der Waals surface area contributed by atoms with E-state index in [0.29, 0.717) is 24.4 Å². The molecule has 1 aliphatic carbocycles. The molecule has 1 aliphatic heterocycles. The van der Waals surface area contributed by atoms with Gasteiger partial charge in [0.25, 0.3) is 11.8 Å². The van der Waals surface area contributed by atoms with Gasteiger partial charge >= 0.3 is 0 Å². The topological polar surface area (TPSA) is 122 Å². The molecule has 1 aromatic carbocycles. The van der Waals surface area contributed by atoms with Crippen molar-refractivity contribution in [1.82, 2.24) is 19.8 Å². The number of benzene rings is 1. The smallest absolute Gasteiger partial charge is 0.287 e. The SMILES string of the molecule is CC(O)C(C)(C)S(=O)(=O)C1(CN2CCn3c(cnc3C(=O)NCc3ccc(Cl)cc3)C2=O)CC1. The molecule has 1 atom stereocenters. The van der Waals surface area contributed by atoms with Crippen LogP contribution in [-0.4, -0.2) is 68.5 Å². The Labute approximate surface area is 204 Å². The lowest BCUT2D eigenvalue weighted by molar-refractivity contribution is 0.0697. The van der Waals surface area contributed by atoms with Crippen molar-refractivity contribution in [3.8, 4) is 0 Å². The van der Waals surface area contributed by atoms with Crippen LogP contribution >= 0.6 is 11.6 Å². The summed E-state index contributed by atoms with van der Waals surface area (Å²) in [5.41, 5.74) is 1.13. The Bertz CT molecular complexity index is 1220. The molecule has 2 N–H and O–H groups in total. The number of aliphatic hydroxyl groups is 1. The van der Waals surface area contributed by atoms with Gasteiger partial charge in [-0.2, -0.15) is 0 Å². The van der Waals surface area contributed by atoms with E-state index in [4.69, 9.17) is 11.6 Å². The zero-order chi connectivity index (χ0) is 24.9. The van der Waals surface area contributed by atoms with Crippen LogP contribution in [0.5, 0.6) is 0 Å². The van der Waals surface area contributed by atoms with Gasteiger partial charge in [-0.1, -0.05) is 23.7 Å². The van der Waals surface area contributed by atoms with E-state index < -0.39 is 31.3 Å². The number of hydrogen-bond donors (Lipinski definition) is 2. The van der Waals surface area contributed by atoms with Crippen LogP contribution in [0.4, 0.5) is 0 Å². The van der Waals surface area contributed by atoms with Gasteiger partial charge in [-0.05, 0) is 51.3 Å². The highest BCUT2D eigenvalue weighted by Gasteiger charge is 2.62. The minimum atomic E-state index is -3.71. The molecule has 0 radical (unpaired) electrons. The summed E-state index contributed by atoms with van der Waals surface area (Å²) in [6.07, 6.45) is 1.22. The summed E-state index contributed by atoms with van der Waals surface area (Å²) in [6, 6.07) is 7.10. The van der Waals surface area contributed by atoms with Gasteiger partial charge < -0.3 is 19.9 Å². The number of aliphatic hydroxyl groups excluding tert-OH is 1. The monoisotopic (exact) mass is 508 g/mol. The minimum Gasteiger partial charge on any atom is -0.392 e. The maximum Gasteiger partial charge on any atom is 0.287 e. The molecule has 1 saturated carbocycles. The second kappa shape index (κ2) is 8.66. The molecule has 0 saturated heterocycles. The fourth-order valence-electron chi connectivity index (χ4n) is 4.23. The zero-order valence-corrected chi connectivity index (χ0v) is 21.0. The highest BCUT2D eigenvalue weighted by atomic mass is 35.5. The Balaban J connectivity index is 1.47. The summed E-state index contributed by atoms with van der Waals surface area (Å²) in [4.78, 5) is 31.5. The molecule has 1 aromatic heterocycles. The van der Waals surface area contributed by atoms with Gasteiger partial charge in [0.1, 0.15) is 5.69 Å². The van der Waals surface area contributed by atoms with Crippen molar-refractivity contribution < 1.29 is 23.1 Å². The molecule has 2 amide bonds. The molecule has 2 aromatic rings. The Morgan fingerprint density at radius 3 is 2.50 bits per heavy atom. The third kappa shape index (κ3) is 4.12. The maximum absolute atomic E-state index is 13.3. The van der Waals surface area contributed by atoms with Crippen molar-refractivity contribution in [3.05, 3.63) is 52.6 Å². The average Bonchev–Trinajstić information content (AvgIpc) is 3.45. The van der Waals surface area contributed by atoms with Crippen molar-refractivity contribution in [3.63, 3.8) is 0 Å². The number of fused-ring (bicyclic) bond motifs is 1. The van der Waals surface area contributed by atoms with E-state index in [0.717, 1.165) is 5.56 Å². The second-order valence-electron chi connectivity index (χ2n) is 9.62. The number of carbonyl (C=O) groups is 2. The maximum atomic E-state index is 13.3. The molecule has 34 heavy (non-hydrogen) atoms. The summed E-state index contributed by atoms with van der Waals surface area (Å²) >= 11 is 5.88. The molecular weight excluding hydrogens is 480 g/mol. The molecule has 11 heteroatoms. The lowest BCUT2D eigenvalue weighted by Crippen LogP contribution is -2.54. The van der Waals surface area contributed by atoms with E-state index in [1.165, 1.54) is 31.9 Å². The number of halogens is 1. The second-order valence-corrected chi connectivity index (χ2v) is 13.0. The average molecular weight is 509 g/mol. The number of nitrogens with one attached hydrogen (secondary N) is 1. The van der Waals surface area contributed by atoms with E-state index in [9.17, 15) is 23.1 Å². The third-order valence-electron chi connectivity index (χ3n) is 7.08. The van der Waals surface area contributed by atoms with Crippen LogP contribution in [-0.2, 0) is 22.9 Å². The van der Waals surface area contributed by atoms with Gasteiger partial charge in [-0.3, -0.25) is 9.59 Å². The van der Waals surface area contributed by atoms with Crippen LogP contribution in [0.1, 0.15) is 60.3 Å².